The number of amides is 1. The summed E-state index contributed by atoms with van der Waals surface area (Å²) in [7, 11) is -5.77. The molecule has 0 atom stereocenters. The van der Waals surface area contributed by atoms with E-state index in [0.717, 1.165) is 28.2 Å². The van der Waals surface area contributed by atoms with Crippen molar-refractivity contribution in [3.05, 3.63) is 23.0 Å². The number of fused-ring (bicyclic) bond motifs is 1. The Morgan fingerprint density at radius 3 is 2.41 bits per heavy atom. The van der Waals surface area contributed by atoms with Gasteiger partial charge in [-0.2, -0.15) is 9.30 Å². The van der Waals surface area contributed by atoms with Crippen LogP contribution in [0.2, 0.25) is 0 Å². The van der Waals surface area contributed by atoms with Crippen LogP contribution in [0.1, 0.15) is 6.92 Å². The van der Waals surface area contributed by atoms with Crippen LogP contribution in [0.3, 0.4) is 0 Å². The van der Waals surface area contributed by atoms with Crippen molar-refractivity contribution in [1.29, 1.82) is 0 Å². The molecule has 0 aliphatic carbocycles. The van der Waals surface area contributed by atoms with Gasteiger partial charge in [0.15, 0.2) is 14.6 Å². The highest BCUT2D eigenvalue weighted by Gasteiger charge is 2.17. The second kappa shape index (κ2) is 8.73. The van der Waals surface area contributed by atoms with Gasteiger partial charge in [0, 0.05) is 13.3 Å². The largest absolute Gasteiger partial charge is 0.465 e. The molecule has 0 fully saturated rings. The highest BCUT2D eigenvalue weighted by atomic mass is 32.2. The normalized spacial score (nSPS) is 13.2. The van der Waals surface area contributed by atoms with Gasteiger partial charge in [-0.1, -0.05) is 11.3 Å². The lowest BCUT2D eigenvalue weighted by Crippen LogP contribution is -2.32. The Bertz CT molecular complexity index is 1220. The van der Waals surface area contributed by atoms with E-state index in [1.54, 1.807) is 6.92 Å². The number of sulfonamides is 1. The third-order valence-corrected chi connectivity index (χ3v) is 7.23. The fourth-order valence-electron chi connectivity index (χ4n) is 2.31. The number of aromatic nitrogens is 1. The predicted molar refractivity (Wildman–Crippen MR) is 108 cm³/mol. The van der Waals surface area contributed by atoms with Crippen molar-refractivity contribution in [2.24, 2.45) is 4.99 Å². The summed E-state index contributed by atoms with van der Waals surface area (Å²) < 4.78 is 54.3. The predicted octanol–water partition coefficient (Wildman–Crippen LogP) is -0.0119. The summed E-state index contributed by atoms with van der Waals surface area (Å²) in [5.74, 6) is -1.29. The van der Waals surface area contributed by atoms with Gasteiger partial charge in [-0.05, 0) is 25.1 Å². The summed E-state index contributed by atoms with van der Waals surface area (Å²) in [5.41, 5.74) is 0.499. The Morgan fingerprint density at radius 1 is 1.21 bits per heavy atom. The Kier molecular flexibility index (Phi) is 6.98. The number of likely N-dealkylation sites (N-methyl/N-ethyl adjacent to an activating group) is 1. The zero-order chi connectivity index (χ0) is 22.0. The molecule has 0 aliphatic heterocycles. The summed E-state index contributed by atoms with van der Waals surface area (Å²) in [6.07, 6.45) is 2.04. The second-order valence-electron chi connectivity index (χ2n) is 6.20. The molecule has 0 radical (unpaired) electrons. The van der Waals surface area contributed by atoms with Gasteiger partial charge in [-0.15, -0.1) is 0 Å². The van der Waals surface area contributed by atoms with E-state index in [9.17, 15) is 26.4 Å². The van der Waals surface area contributed by atoms with Crippen molar-refractivity contribution < 1.29 is 31.2 Å². The number of thiazole rings is 1. The van der Waals surface area contributed by atoms with Gasteiger partial charge in [0.2, 0.25) is 10.0 Å². The summed E-state index contributed by atoms with van der Waals surface area (Å²) in [6, 6.07) is 4.35. The minimum absolute atomic E-state index is 0.0872. The van der Waals surface area contributed by atoms with E-state index in [1.807, 2.05) is 0 Å². The zero-order valence-corrected chi connectivity index (χ0v) is 18.7. The average molecular weight is 464 g/mol. The topological polar surface area (TPSA) is 132 Å². The van der Waals surface area contributed by atoms with Crippen molar-refractivity contribution in [2.75, 3.05) is 32.7 Å². The molecule has 29 heavy (non-hydrogen) atoms. The van der Waals surface area contributed by atoms with E-state index in [1.165, 1.54) is 29.8 Å². The maximum atomic E-state index is 12.2. The van der Waals surface area contributed by atoms with E-state index in [4.69, 9.17) is 4.74 Å². The van der Waals surface area contributed by atoms with Crippen LogP contribution in [0.5, 0.6) is 0 Å². The van der Waals surface area contributed by atoms with Crippen molar-refractivity contribution in [1.82, 2.24) is 8.87 Å². The number of rotatable bonds is 7. The van der Waals surface area contributed by atoms with Crippen molar-refractivity contribution in [2.45, 2.75) is 18.4 Å². The number of benzene rings is 1. The average Bonchev–Trinajstić information content (AvgIpc) is 2.89. The molecule has 2 aromatic rings. The van der Waals surface area contributed by atoms with Crippen LogP contribution < -0.4 is 4.80 Å². The van der Waals surface area contributed by atoms with Crippen LogP contribution in [0.15, 0.2) is 28.1 Å². The molecule has 1 amide bonds. The van der Waals surface area contributed by atoms with Crippen LogP contribution in [0.4, 0.5) is 0 Å². The number of nitrogens with zero attached hydrogens (tertiary/aromatic N) is 3. The molecule has 0 unspecified atom stereocenters. The van der Waals surface area contributed by atoms with E-state index in [2.05, 4.69) is 4.99 Å². The molecule has 0 N–H and O–H groups in total. The number of esters is 1. The quantitative estimate of drug-likeness (QED) is 0.527. The lowest BCUT2D eigenvalue weighted by molar-refractivity contribution is -0.143. The third-order valence-electron chi connectivity index (χ3n) is 3.82. The van der Waals surface area contributed by atoms with Gasteiger partial charge in [0.1, 0.15) is 6.54 Å². The molecule has 10 nitrogen and oxygen atoms in total. The van der Waals surface area contributed by atoms with Crippen LogP contribution >= 0.6 is 11.3 Å². The fourth-order valence-corrected chi connectivity index (χ4v) is 4.46. The number of sulfone groups is 1. The first kappa shape index (κ1) is 23.2. The molecule has 0 saturated carbocycles. The van der Waals surface area contributed by atoms with Crippen LogP contribution in [-0.2, 0) is 40.7 Å². The van der Waals surface area contributed by atoms with Crippen molar-refractivity contribution in [3.8, 4) is 0 Å². The number of hydrogen-bond acceptors (Lipinski definition) is 8. The second-order valence-corrected chi connectivity index (χ2v) is 11.3. The lowest BCUT2D eigenvalue weighted by atomic mass is 10.3. The van der Waals surface area contributed by atoms with E-state index in [0.29, 0.717) is 10.2 Å². The first-order chi connectivity index (χ1) is 13.3. The highest BCUT2D eigenvalue weighted by Crippen LogP contribution is 2.22. The fraction of sp³-hybridized carbons (Fsp3) is 0.438. The molecule has 0 saturated heterocycles. The number of carbonyl (C=O) groups excluding carboxylic acids is 2. The molecule has 1 aromatic carbocycles. The maximum Gasteiger partial charge on any atom is 0.326 e. The van der Waals surface area contributed by atoms with Gasteiger partial charge >= 0.3 is 5.97 Å². The van der Waals surface area contributed by atoms with Gasteiger partial charge in [0.25, 0.3) is 5.91 Å². The third kappa shape index (κ3) is 5.95. The minimum Gasteiger partial charge on any atom is -0.465 e. The van der Waals surface area contributed by atoms with E-state index < -0.39 is 38.3 Å². The first-order valence-electron chi connectivity index (χ1n) is 8.31. The maximum absolute atomic E-state index is 12.2. The molecule has 0 spiro atoms. The summed E-state index contributed by atoms with van der Waals surface area (Å²) >= 11 is 1.01. The van der Waals surface area contributed by atoms with Gasteiger partial charge in [0.05, 0.1) is 34.5 Å². The monoisotopic (exact) mass is 463 g/mol. The highest BCUT2D eigenvalue weighted by molar-refractivity contribution is 7.90. The van der Waals surface area contributed by atoms with Gasteiger partial charge < -0.3 is 9.30 Å². The molecule has 2 rings (SSSR count). The Hall–Kier alpha value is -2.09. The standard InChI is InChI=1S/C16H21N3O7S3/c1-5-26-15(21)10-19-12-7-6-11(28(3,22)23)8-13(12)27-16(19)17-14(20)9-18(2)29(4,24)25/h6-8H,5,9-10H2,1-4H3. The number of carbonyl (C=O) groups is 2. The molecule has 0 bridgehead atoms. The van der Waals surface area contributed by atoms with Crippen LogP contribution in [0.25, 0.3) is 10.2 Å². The molecule has 1 aromatic heterocycles. The zero-order valence-electron chi connectivity index (χ0n) is 16.3. The summed E-state index contributed by atoms with van der Waals surface area (Å²) in [6.45, 7) is 1.12. The smallest absolute Gasteiger partial charge is 0.326 e. The molecular weight excluding hydrogens is 442 g/mol. The molecule has 1 heterocycles. The summed E-state index contributed by atoms with van der Waals surface area (Å²) in [4.78, 5) is 28.4. The van der Waals surface area contributed by atoms with E-state index >= 15 is 0 Å². The lowest BCUT2D eigenvalue weighted by Gasteiger charge is -2.10. The molecule has 160 valence electrons. The minimum atomic E-state index is -3.56. The van der Waals surface area contributed by atoms with E-state index in [-0.39, 0.29) is 22.8 Å². The summed E-state index contributed by atoms with van der Waals surface area (Å²) in [5, 5.41) is 0. The Labute approximate surface area is 172 Å². The van der Waals surface area contributed by atoms with Crippen LogP contribution in [0, 0.1) is 0 Å². The van der Waals surface area contributed by atoms with Gasteiger partial charge in [-0.3, -0.25) is 9.59 Å². The first-order valence-corrected chi connectivity index (χ1v) is 12.9. The Balaban J connectivity index is 2.58. The molecule has 0 aliphatic rings. The Morgan fingerprint density at radius 2 is 1.86 bits per heavy atom. The van der Waals surface area contributed by atoms with Crippen molar-refractivity contribution >= 4 is 53.3 Å². The number of ether oxygens (including phenoxy) is 1. The van der Waals surface area contributed by atoms with Crippen LogP contribution in [-0.4, -0.2) is 70.3 Å². The number of hydrogen-bond donors (Lipinski definition) is 0. The SMILES string of the molecule is CCOC(=O)Cn1c(=NC(=O)CN(C)S(C)(=O)=O)sc2cc(S(C)(=O)=O)ccc21. The van der Waals surface area contributed by atoms with Gasteiger partial charge in [-0.25, -0.2) is 16.8 Å². The molecule has 13 heteroatoms. The van der Waals surface area contributed by atoms with Crippen molar-refractivity contribution in [3.63, 3.8) is 0 Å². The molecular formula is C16H21N3O7S3.